The zero-order chi connectivity index (χ0) is 14.8. The first kappa shape index (κ1) is 14.1. The maximum Gasteiger partial charge on any atom is 0.322 e. The van der Waals surface area contributed by atoms with Gasteiger partial charge in [0.15, 0.2) is 0 Å². The van der Waals surface area contributed by atoms with Gasteiger partial charge in [-0.15, -0.1) is 11.3 Å². The summed E-state index contributed by atoms with van der Waals surface area (Å²) in [6.45, 7) is 4.94. The molecule has 0 radical (unpaired) electrons. The van der Waals surface area contributed by atoms with Crippen LogP contribution in [0.15, 0.2) is 35.7 Å². The van der Waals surface area contributed by atoms with Crippen molar-refractivity contribution in [2.24, 2.45) is 0 Å². The highest BCUT2D eigenvalue weighted by Gasteiger charge is 2.30. The Balaban J connectivity index is 1.77. The maximum atomic E-state index is 12.6. The van der Waals surface area contributed by atoms with Crippen molar-refractivity contribution in [3.63, 3.8) is 0 Å². The van der Waals surface area contributed by atoms with Crippen molar-refractivity contribution in [2.75, 3.05) is 11.9 Å². The molecule has 1 N–H and O–H groups in total. The highest BCUT2D eigenvalue weighted by molar-refractivity contribution is 7.10. The summed E-state index contributed by atoms with van der Waals surface area (Å²) in [5.74, 6) is 0. The molecule has 1 unspecified atom stereocenters. The molecule has 0 aliphatic carbocycles. The van der Waals surface area contributed by atoms with Crippen LogP contribution in [0.1, 0.15) is 34.9 Å². The van der Waals surface area contributed by atoms with Crippen LogP contribution in [0.25, 0.3) is 0 Å². The number of nitrogens with one attached hydrogen (secondary N) is 1. The second kappa shape index (κ2) is 5.90. The Labute approximate surface area is 129 Å². The minimum atomic E-state index is 0.0135. The Bertz CT molecular complexity index is 636. The Hall–Kier alpha value is -1.81. The van der Waals surface area contributed by atoms with Crippen molar-refractivity contribution in [2.45, 2.75) is 32.7 Å². The topological polar surface area (TPSA) is 32.3 Å². The lowest BCUT2D eigenvalue weighted by atomic mass is 10.1. The van der Waals surface area contributed by atoms with Crippen LogP contribution in [-0.2, 0) is 0 Å². The van der Waals surface area contributed by atoms with E-state index in [1.165, 1.54) is 10.4 Å². The summed E-state index contributed by atoms with van der Waals surface area (Å²) in [4.78, 5) is 15.9. The van der Waals surface area contributed by atoms with Crippen LogP contribution in [-0.4, -0.2) is 17.5 Å². The third kappa shape index (κ3) is 2.81. The van der Waals surface area contributed by atoms with Crippen LogP contribution >= 0.6 is 11.3 Å². The van der Waals surface area contributed by atoms with Gasteiger partial charge in [-0.1, -0.05) is 18.2 Å². The molecule has 0 spiro atoms. The number of benzene rings is 1. The van der Waals surface area contributed by atoms with E-state index in [4.69, 9.17) is 0 Å². The standard InChI is InChI=1S/C17H20N2OS/c1-12-6-3-7-14(13(12)2)18-17(20)19-10-4-8-15(19)16-9-5-11-21-16/h3,5-7,9,11,15H,4,8,10H2,1-2H3,(H,18,20). The summed E-state index contributed by atoms with van der Waals surface area (Å²) >= 11 is 1.73. The van der Waals surface area contributed by atoms with Gasteiger partial charge < -0.3 is 10.2 Å². The Morgan fingerprint density at radius 3 is 2.90 bits per heavy atom. The van der Waals surface area contributed by atoms with Gasteiger partial charge in [-0.25, -0.2) is 4.79 Å². The molecule has 21 heavy (non-hydrogen) atoms. The average molecular weight is 300 g/mol. The summed E-state index contributed by atoms with van der Waals surface area (Å²) in [5, 5.41) is 5.15. The number of urea groups is 1. The number of rotatable bonds is 2. The monoisotopic (exact) mass is 300 g/mol. The smallest absolute Gasteiger partial charge is 0.317 e. The SMILES string of the molecule is Cc1cccc(NC(=O)N2CCCC2c2cccs2)c1C. The second-order valence-corrected chi connectivity index (χ2v) is 6.52. The molecule has 3 nitrogen and oxygen atoms in total. The van der Waals surface area contributed by atoms with Crippen LogP contribution in [0.3, 0.4) is 0 Å². The molecule has 4 heteroatoms. The van der Waals surface area contributed by atoms with Crippen LogP contribution in [0.4, 0.5) is 10.5 Å². The van der Waals surface area contributed by atoms with E-state index < -0.39 is 0 Å². The van der Waals surface area contributed by atoms with Gasteiger partial charge in [0.1, 0.15) is 0 Å². The number of aryl methyl sites for hydroxylation is 1. The number of carbonyl (C=O) groups is 1. The molecular weight excluding hydrogens is 280 g/mol. The minimum Gasteiger partial charge on any atom is -0.317 e. The summed E-state index contributed by atoms with van der Waals surface area (Å²) in [7, 11) is 0. The van der Waals surface area contributed by atoms with Gasteiger partial charge >= 0.3 is 6.03 Å². The summed E-state index contributed by atoms with van der Waals surface area (Å²) in [6.07, 6.45) is 2.13. The van der Waals surface area contributed by atoms with Gasteiger partial charge in [0.25, 0.3) is 0 Å². The lowest BCUT2D eigenvalue weighted by Gasteiger charge is -2.24. The van der Waals surface area contributed by atoms with Gasteiger partial charge in [-0.2, -0.15) is 0 Å². The molecule has 0 bridgehead atoms. The molecule has 1 saturated heterocycles. The quantitative estimate of drug-likeness (QED) is 0.854. The van der Waals surface area contributed by atoms with Gasteiger partial charge in [-0.3, -0.25) is 0 Å². The number of likely N-dealkylation sites (tertiary alicyclic amines) is 1. The molecule has 1 aliphatic rings. The number of amides is 2. The van der Waals surface area contributed by atoms with E-state index in [2.05, 4.69) is 35.8 Å². The lowest BCUT2D eigenvalue weighted by Crippen LogP contribution is -2.34. The van der Waals surface area contributed by atoms with Crippen LogP contribution in [0, 0.1) is 13.8 Å². The molecule has 3 rings (SSSR count). The second-order valence-electron chi connectivity index (χ2n) is 5.54. The first-order valence-electron chi connectivity index (χ1n) is 7.34. The first-order chi connectivity index (χ1) is 10.2. The molecular formula is C17H20N2OS. The minimum absolute atomic E-state index is 0.0135. The third-order valence-corrected chi connectivity index (χ3v) is 5.21. The average Bonchev–Trinajstić information content (AvgIpc) is 3.13. The van der Waals surface area contributed by atoms with Crippen molar-refractivity contribution in [3.05, 3.63) is 51.7 Å². The van der Waals surface area contributed by atoms with Crippen molar-refractivity contribution in [3.8, 4) is 0 Å². The molecule has 2 heterocycles. The summed E-state index contributed by atoms with van der Waals surface area (Å²) in [6, 6.07) is 10.4. The molecule has 1 atom stereocenters. The number of carbonyl (C=O) groups excluding carboxylic acids is 1. The van der Waals surface area contributed by atoms with E-state index in [1.807, 2.05) is 24.0 Å². The van der Waals surface area contributed by atoms with Gasteiger partial charge in [0.2, 0.25) is 0 Å². The van der Waals surface area contributed by atoms with E-state index in [9.17, 15) is 4.79 Å². The van der Waals surface area contributed by atoms with E-state index in [-0.39, 0.29) is 12.1 Å². The van der Waals surface area contributed by atoms with Crippen LogP contribution in [0.2, 0.25) is 0 Å². The van der Waals surface area contributed by atoms with Crippen LogP contribution in [0.5, 0.6) is 0 Å². The van der Waals surface area contributed by atoms with E-state index in [0.717, 1.165) is 30.6 Å². The maximum absolute atomic E-state index is 12.6. The largest absolute Gasteiger partial charge is 0.322 e. The zero-order valence-electron chi connectivity index (χ0n) is 12.4. The Morgan fingerprint density at radius 1 is 1.29 bits per heavy atom. The number of thiophene rings is 1. The van der Waals surface area contributed by atoms with Crippen molar-refractivity contribution < 1.29 is 4.79 Å². The number of anilines is 1. The zero-order valence-corrected chi connectivity index (χ0v) is 13.2. The molecule has 1 aromatic carbocycles. The fourth-order valence-corrected chi connectivity index (χ4v) is 3.73. The van der Waals surface area contributed by atoms with E-state index in [1.54, 1.807) is 11.3 Å². The molecule has 1 aliphatic heterocycles. The predicted molar refractivity (Wildman–Crippen MR) is 87.9 cm³/mol. The Kier molecular flexibility index (Phi) is 3.97. The molecule has 2 aromatic rings. The van der Waals surface area contributed by atoms with Gasteiger partial charge in [-0.05, 0) is 55.3 Å². The van der Waals surface area contributed by atoms with Crippen LogP contribution < -0.4 is 5.32 Å². The molecule has 0 saturated carbocycles. The molecule has 1 fully saturated rings. The van der Waals surface area contributed by atoms with Gasteiger partial charge in [0, 0.05) is 17.1 Å². The fourth-order valence-electron chi connectivity index (χ4n) is 2.86. The van der Waals surface area contributed by atoms with Crippen molar-refractivity contribution in [1.82, 2.24) is 4.90 Å². The lowest BCUT2D eigenvalue weighted by molar-refractivity contribution is 0.208. The van der Waals surface area contributed by atoms with Crippen molar-refractivity contribution >= 4 is 23.1 Å². The molecule has 2 amide bonds. The fraction of sp³-hybridized carbons (Fsp3) is 0.353. The Morgan fingerprint density at radius 2 is 2.14 bits per heavy atom. The highest BCUT2D eigenvalue weighted by Crippen LogP contribution is 2.35. The number of hydrogen-bond donors (Lipinski definition) is 1. The third-order valence-electron chi connectivity index (χ3n) is 4.23. The number of nitrogens with zero attached hydrogens (tertiary/aromatic N) is 1. The van der Waals surface area contributed by atoms with E-state index >= 15 is 0 Å². The normalized spacial score (nSPS) is 18.0. The van der Waals surface area contributed by atoms with E-state index in [0.29, 0.717) is 0 Å². The van der Waals surface area contributed by atoms with Gasteiger partial charge in [0.05, 0.1) is 6.04 Å². The summed E-state index contributed by atoms with van der Waals surface area (Å²) in [5.41, 5.74) is 3.25. The highest BCUT2D eigenvalue weighted by atomic mass is 32.1. The van der Waals surface area contributed by atoms with Crippen molar-refractivity contribution in [1.29, 1.82) is 0 Å². The predicted octanol–water partition coefficient (Wildman–Crippen LogP) is 4.73. The number of hydrogen-bond acceptors (Lipinski definition) is 2. The first-order valence-corrected chi connectivity index (χ1v) is 8.22. The molecule has 1 aromatic heterocycles. The molecule has 110 valence electrons. The summed E-state index contributed by atoms with van der Waals surface area (Å²) < 4.78 is 0.